The Morgan fingerprint density at radius 2 is 1.55 bits per heavy atom. The van der Waals surface area contributed by atoms with Gasteiger partial charge in [0.2, 0.25) is 11.1 Å². The number of amides is 1. The first-order chi connectivity index (χ1) is 19.5. The molecule has 40 heavy (non-hydrogen) atoms. The molecule has 0 radical (unpaired) electrons. The van der Waals surface area contributed by atoms with Crippen molar-refractivity contribution in [3.05, 3.63) is 96.6 Å². The van der Waals surface area contributed by atoms with Gasteiger partial charge in [-0.15, -0.1) is 10.2 Å². The minimum Gasteiger partial charge on any atom is -0.478 e. The van der Waals surface area contributed by atoms with Gasteiger partial charge in [-0.1, -0.05) is 78.5 Å². The molecule has 4 aromatic carbocycles. The number of carboxylic acid groups (broad SMARTS) is 1. The number of para-hydroxylation sites is 1. The summed E-state index contributed by atoms with van der Waals surface area (Å²) >= 11 is 1.23. The van der Waals surface area contributed by atoms with Crippen LogP contribution in [0.2, 0.25) is 0 Å². The SMILES string of the molecule is O=C(CSc1nnc2c(n1)-c1cccc3cccc-2c13)Nc1ccc(-c2cc(C(=O)O)c3ccccc3n2)cc1. The van der Waals surface area contributed by atoms with E-state index in [2.05, 4.69) is 32.6 Å². The number of aromatic nitrogens is 4. The molecule has 0 fully saturated rings. The lowest BCUT2D eigenvalue weighted by atomic mass is 10.0. The smallest absolute Gasteiger partial charge is 0.336 e. The number of carboxylic acids is 1. The number of pyridine rings is 1. The molecule has 2 heterocycles. The van der Waals surface area contributed by atoms with Crippen LogP contribution in [-0.2, 0) is 4.79 Å². The van der Waals surface area contributed by atoms with Crippen molar-refractivity contribution < 1.29 is 14.7 Å². The number of rotatable bonds is 6. The third kappa shape index (κ3) is 4.13. The second-order valence-electron chi connectivity index (χ2n) is 9.29. The summed E-state index contributed by atoms with van der Waals surface area (Å²) in [6.07, 6.45) is 0. The van der Waals surface area contributed by atoms with Crippen LogP contribution in [0.15, 0.2) is 96.2 Å². The van der Waals surface area contributed by atoms with Crippen LogP contribution < -0.4 is 5.32 Å². The zero-order chi connectivity index (χ0) is 27.2. The molecule has 1 aliphatic carbocycles. The van der Waals surface area contributed by atoms with Crippen LogP contribution in [0.3, 0.4) is 0 Å². The summed E-state index contributed by atoms with van der Waals surface area (Å²) in [7, 11) is 0. The second-order valence-corrected chi connectivity index (χ2v) is 10.2. The molecular formula is C31H19N5O3S. The Kier molecular flexibility index (Phi) is 5.71. The van der Waals surface area contributed by atoms with E-state index in [0.717, 1.165) is 38.9 Å². The first-order valence-electron chi connectivity index (χ1n) is 12.5. The number of nitrogens with one attached hydrogen (secondary N) is 1. The fourth-order valence-electron chi connectivity index (χ4n) is 5.03. The Morgan fingerprint density at radius 1 is 0.800 bits per heavy atom. The van der Waals surface area contributed by atoms with Crippen molar-refractivity contribution in [1.82, 2.24) is 20.2 Å². The number of thioether (sulfide) groups is 1. The maximum Gasteiger partial charge on any atom is 0.336 e. The molecule has 2 aromatic heterocycles. The number of fused-ring (bicyclic) bond motifs is 4. The standard InChI is InChI=1S/C31H19N5O3S/c37-26(16-40-31-34-28-21-8-3-5-18-6-4-9-22(27(18)21)29(28)35-36-31)32-19-13-11-17(12-14-19)25-15-23(30(38)39)20-7-1-2-10-24(20)33-25/h1-15H,16H2,(H,32,37)(H,38,39). The normalized spacial score (nSPS) is 11.5. The van der Waals surface area contributed by atoms with Gasteiger partial charge in [0.25, 0.3) is 0 Å². The summed E-state index contributed by atoms with van der Waals surface area (Å²) in [6.45, 7) is 0. The third-order valence-corrected chi connectivity index (χ3v) is 7.66. The summed E-state index contributed by atoms with van der Waals surface area (Å²) in [5.41, 5.74) is 6.31. The number of hydrogen-bond acceptors (Lipinski definition) is 7. The van der Waals surface area contributed by atoms with E-state index in [4.69, 9.17) is 4.98 Å². The molecule has 0 saturated carbocycles. The summed E-state index contributed by atoms with van der Waals surface area (Å²) in [6, 6.07) is 28.1. The average Bonchev–Trinajstić information content (AvgIpc) is 3.30. The molecule has 0 spiro atoms. The molecule has 6 aromatic rings. The first kappa shape index (κ1) is 23.9. The lowest BCUT2D eigenvalue weighted by Gasteiger charge is -2.09. The number of carbonyl (C=O) groups excluding carboxylic acids is 1. The highest BCUT2D eigenvalue weighted by Crippen LogP contribution is 2.44. The summed E-state index contributed by atoms with van der Waals surface area (Å²) < 4.78 is 0. The highest BCUT2D eigenvalue weighted by Gasteiger charge is 2.25. The Labute approximate surface area is 232 Å². The molecule has 9 heteroatoms. The Balaban J connectivity index is 1.05. The van der Waals surface area contributed by atoms with Crippen LogP contribution in [0.4, 0.5) is 5.69 Å². The number of carbonyl (C=O) groups is 2. The zero-order valence-electron chi connectivity index (χ0n) is 20.8. The molecule has 0 unspecified atom stereocenters. The number of anilines is 1. The zero-order valence-corrected chi connectivity index (χ0v) is 21.6. The van der Waals surface area contributed by atoms with Crippen LogP contribution in [0.5, 0.6) is 0 Å². The van der Waals surface area contributed by atoms with Crippen LogP contribution in [0.25, 0.3) is 55.4 Å². The summed E-state index contributed by atoms with van der Waals surface area (Å²) in [5, 5.41) is 24.5. The average molecular weight is 542 g/mol. The van der Waals surface area contributed by atoms with Crippen LogP contribution in [0, 0.1) is 0 Å². The lowest BCUT2D eigenvalue weighted by Crippen LogP contribution is -2.14. The van der Waals surface area contributed by atoms with E-state index < -0.39 is 5.97 Å². The third-order valence-electron chi connectivity index (χ3n) is 6.83. The topological polar surface area (TPSA) is 118 Å². The molecule has 7 rings (SSSR count). The van der Waals surface area contributed by atoms with Gasteiger partial charge in [0.15, 0.2) is 0 Å². The number of nitrogens with zero attached hydrogens (tertiary/aromatic N) is 4. The fourth-order valence-corrected chi connectivity index (χ4v) is 5.62. The van der Waals surface area contributed by atoms with Gasteiger partial charge in [-0.25, -0.2) is 14.8 Å². The quantitative estimate of drug-likeness (QED) is 0.235. The molecule has 0 atom stereocenters. The predicted molar refractivity (Wildman–Crippen MR) is 155 cm³/mol. The number of hydrogen-bond donors (Lipinski definition) is 2. The van der Waals surface area contributed by atoms with Gasteiger partial charge in [-0.3, -0.25) is 4.79 Å². The van der Waals surface area contributed by atoms with Gasteiger partial charge in [-0.05, 0) is 29.7 Å². The monoisotopic (exact) mass is 541 g/mol. The van der Waals surface area contributed by atoms with Crippen molar-refractivity contribution in [3.8, 4) is 33.8 Å². The van der Waals surface area contributed by atoms with E-state index in [1.165, 1.54) is 11.8 Å². The minimum absolute atomic E-state index is 0.119. The van der Waals surface area contributed by atoms with Crippen LogP contribution in [-0.4, -0.2) is 42.9 Å². The molecular weight excluding hydrogens is 522 g/mol. The molecule has 1 amide bonds. The van der Waals surface area contributed by atoms with Gasteiger partial charge >= 0.3 is 5.97 Å². The molecule has 8 nitrogen and oxygen atoms in total. The van der Waals surface area contributed by atoms with E-state index in [-0.39, 0.29) is 17.2 Å². The highest BCUT2D eigenvalue weighted by molar-refractivity contribution is 7.99. The molecule has 1 aliphatic rings. The maximum atomic E-state index is 12.7. The minimum atomic E-state index is -1.01. The largest absolute Gasteiger partial charge is 0.478 e. The number of aromatic carboxylic acids is 1. The van der Waals surface area contributed by atoms with Gasteiger partial charge in [-0.2, -0.15) is 0 Å². The molecule has 0 bridgehead atoms. The van der Waals surface area contributed by atoms with E-state index >= 15 is 0 Å². The van der Waals surface area contributed by atoms with Crippen LogP contribution >= 0.6 is 11.8 Å². The molecule has 0 aliphatic heterocycles. The number of benzene rings is 4. The van der Waals surface area contributed by atoms with E-state index in [0.29, 0.717) is 27.4 Å². The van der Waals surface area contributed by atoms with Crippen molar-refractivity contribution in [2.75, 3.05) is 11.1 Å². The summed E-state index contributed by atoms with van der Waals surface area (Å²) in [5.74, 6) is -1.09. The Morgan fingerprint density at radius 3 is 2.33 bits per heavy atom. The van der Waals surface area contributed by atoms with Crippen molar-refractivity contribution in [2.24, 2.45) is 0 Å². The van der Waals surface area contributed by atoms with E-state index in [9.17, 15) is 14.7 Å². The second kappa shape index (κ2) is 9.55. The van der Waals surface area contributed by atoms with Gasteiger partial charge in [0.05, 0.1) is 22.5 Å². The van der Waals surface area contributed by atoms with Crippen molar-refractivity contribution in [1.29, 1.82) is 0 Å². The molecule has 0 saturated heterocycles. The highest BCUT2D eigenvalue weighted by atomic mass is 32.2. The van der Waals surface area contributed by atoms with Gasteiger partial charge in [0, 0.05) is 33.2 Å². The van der Waals surface area contributed by atoms with Crippen molar-refractivity contribution in [2.45, 2.75) is 5.16 Å². The van der Waals surface area contributed by atoms with Crippen LogP contribution in [0.1, 0.15) is 10.4 Å². The van der Waals surface area contributed by atoms with Gasteiger partial charge in [0.1, 0.15) is 11.4 Å². The van der Waals surface area contributed by atoms with Gasteiger partial charge < -0.3 is 10.4 Å². The Bertz CT molecular complexity index is 1990. The van der Waals surface area contributed by atoms with E-state index in [1.54, 1.807) is 48.5 Å². The first-order valence-corrected chi connectivity index (χ1v) is 13.5. The fraction of sp³-hybridized carbons (Fsp3) is 0.0323. The molecule has 2 N–H and O–H groups in total. The van der Waals surface area contributed by atoms with Crippen molar-refractivity contribution in [3.63, 3.8) is 0 Å². The maximum absolute atomic E-state index is 12.7. The molecule has 192 valence electrons. The lowest BCUT2D eigenvalue weighted by molar-refractivity contribution is -0.113. The Hall–Kier alpha value is -5.15. The predicted octanol–water partition coefficient (Wildman–Crippen LogP) is 6.32. The van der Waals surface area contributed by atoms with E-state index in [1.807, 2.05) is 30.3 Å². The summed E-state index contributed by atoms with van der Waals surface area (Å²) in [4.78, 5) is 33.8. The van der Waals surface area contributed by atoms with Crippen molar-refractivity contribution >= 4 is 51.0 Å².